The van der Waals surface area contributed by atoms with Crippen molar-refractivity contribution < 1.29 is 18.0 Å². The topological polar surface area (TPSA) is 54.0 Å². The van der Waals surface area contributed by atoms with Gasteiger partial charge in [-0.15, -0.1) is 11.3 Å². The monoisotopic (exact) mass is 369 g/mol. The second kappa shape index (κ2) is 7.53. The number of rotatable bonds is 7. The molecule has 2 N–H and O–H groups in total. The Morgan fingerprint density at radius 3 is 2.60 bits per heavy atom. The van der Waals surface area contributed by atoms with Crippen molar-refractivity contribution in [1.82, 2.24) is 15.6 Å². The fourth-order valence-corrected chi connectivity index (χ4v) is 3.11. The average Bonchev–Trinajstić information content (AvgIpc) is 3.27. The Balaban J connectivity index is 1.50. The number of amides is 1. The molecule has 1 heterocycles. The van der Waals surface area contributed by atoms with E-state index >= 15 is 0 Å². The van der Waals surface area contributed by atoms with Crippen LogP contribution in [0, 0.1) is 5.92 Å². The van der Waals surface area contributed by atoms with Gasteiger partial charge in [-0.1, -0.05) is 12.1 Å². The zero-order chi connectivity index (χ0) is 17.9. The number of hydrogen-bond acceptors (Lipinski definition) is 4. The first-order valence-corrected chi connectivity index (χ1v) is 8.89. The van der Waals surface area contributed by atoms with Crippen LogP contribution in [0.15, 0.2) is 29.6 Å². The number of aromatic nitrogens is 1. The molecule has 1 aliphatic carbocycles. The van der Waals surface area contributed by atoms with E-state index in [0.717, 1.165) is 24.6 Å². The van der Waals surface area contributed by atoms with Crippen molar-refractivity contribution in [2.45, 2.75) is 25.6 Å². The van der Waals surface area contributed by atoms with E-state index in [2.05, 4.69) is 15.6 Å². The minimum Gasteiger partial charge on any atom is -0.349 e. The smallest absolute Gasteiger partial charge is 0.349 e. The molecular weight excluding hydrogens is 351 g/mol. The number of carbonyl (C=O) groups excluding carboxylic acids is 1. The summed E-state index contributed by atoms with van der Waals surface area (Å²) in [6, 6.07) is 4.91. The third-order valence-electron chi connectivity index (χ3n) is 3.89. The molecule has 1 fully saturated rings. The summed E-state index contributed by atoms with van der Waals surface area (Å²) in [7, 11) is 0. The normalized spacial score (nSPS) is 14.5. The van der Waals surface area contributed by atoms with Crippen molar-refractivity contribution in [2.24, 2.45) is 5.92 Å². The van der Waals surface area contributed by atoms with Gasteiger partial charge in [-0.05, 0) is 37.4 Å². The van der Waals surface area contributed by atoms with E-state index in [1.165, 1.54) is 36.3 Å². The fourth-order valence-electron chi connectivity index (χ4n) is 2.29. The van der Waals surface area contributed by atoms with E-state index in [9.17, 15) is 18.0 Å². The standard InChI is InChI=1S/C17H18F3N3OS/c18-17(19,20)13-5-3-12(4-6-13)16-23-14(10-25-16)8-22-15(24)9-21-7-11-1-2-11/h3-6,10-11,21H,1-2,7-9H2,(H,22,24). The van der Waals surface area contributed by atoms with E-state index in [-0.39, 0.29) is 12.5 Å². The molecule has 1 saturated carbocycles. The summed E-state index contributed by atoms with van der Waals surface area (Å²) in [6.07, 6.45) is -1.87. The molecule has 1 aliphatic rings. The first-order valence-electron chi connectivity index (χ1n) is 8.01. The number of hydrogen-bond donors (Lipinski definition) is 2. The highest BCUT2D eigenvalue weighted by Crippen LogP contribution is 2.31. The Morgan fingerprint density at radius 1 is 1.24 bits per heavy atom. The number of thiazole rings is 1. The van der Waals surface area contributed by atoms with Crippen LogP contribution in [0.3, 0.4) is 0 Å². The molecule has 0 spiro atoms. The van der Waals surface area contributed by atoms with Crippen LogP contribution in [0.4, 0.5) is 13.2 Å². The molecule has 3 rings (SSSR count). The summed E-state index contributed by atoms with van der Waals surface area (Å²) < 4.78 is 37.7. The third-order valence-corrected chi connectivity index (χ3v) is 4.83. The molecule has 0 unspecified atom stereocenters. The van der Waals surface area contributed by atoms with Crippen LogP contribution >= 0.6 is 11.3 Å². The van der Waals surface area contributed by atoms with E-state index in [1.54, 1.807) is 5.38 Å². The summed E-state index contributed by atoms with van der Waals surface area (Å²) in [5.74, 6) is 0.627. The van der Waals surface area contributed by atoms with Gasteiger partial charge in [0.1, 0.15) is 5.01 Å². The van der Waals surface area contributed by atoms with Crippen molar-refractivity contribution in [1.29, 1.82) is 0 Å². The van der Waals surface area contributed by atoms with Gasteiger partial charge in [0.05, 0.1) is 24.3 Å². The fraction of sp³-hybridized carbons (Fsp3) is 0.412. The number of alkyl halides is 3. The van der Waals surface area contributed by atoms with E-state index in [4.69, 9.17) is 0 Å². The molecule has 1 aromatic heterocycles. The van der Waals surface area contributed by atoms with Crippen LogP contribution in [0.5, 0.6) is 0 Å². The lowest BCUT2D eigenvalue weighted by Crippen LogP contribution is -2.34. The quantitative estimate of drug-likeness (QED) is 0.786. The number of carbonyl (C=O) groups is 1. The highest BCUT2D eigenvalue weighted by molar-refractivity contribution is 7.13. The molecule has 1 amide bonds. The Morgan fingerprint density at radius 2 is 1.96 bits per heavy atom. The maximum atomic E-state index is 12.6. The molecule has 0 atom stereocenters. The lowest BCUT2D eigenvalue weighted by molar-refractivity contribution is -0.137. The van der Waals surface area contributed by atoms with Crippen LogP contribution in [-0.4, -0.2) is 24.0 Å². The van der Waals surface area contributed by atoms with Gasteiger partial charge >= 0.3 is 6.18 Å². The lowest BCUT2D eigenvalue weighted by atomic mass is 10.1. The van der Waals surface area contributed by atoms with Crippen molar-refractivity contribution in [3.63, 3.8) is 0 Å². The van der Waals surface area contributed by atoms with Crippen LogP contribution in [0.2, 0.25) is 0 Å². The van der Waals surface area contributed by atoms with Gasteiger partial charge in [-0.3, -0.25) is 4.79 Å². The van der Waals surface area contributed by atoms with E-state index in [0.29, 0.717) is 22.8 Å². The summed E-state index contributed by atoms with van der Waals surface area (Å²) >= 11 is 1.34. The van der Waals surface area contributed by atoms with Gasteiger partial charge in [0.2, 0.25) is 5.91 Å². The number of halogens is 3. The van der Waals surface area contributed by atoms with Crippen LogP contribution in [-0.2, 0) is 17.5 Å². The first-order chi connectivity index (χ1) is 11.9. The number of nitrogens with zero attached hydrogens (tertiary/aromatic N) is 1. The highest BCUT2D eigenvalue weighted by atomic mass is 32.1. The average molecular weight is 369 g/mol. The predicted molar refractivity (Wildman–Crippen MR) is 90.0 cm³/mol. The molecule has 0 radical (unpaired) electrons. The van der Waals surface area contributed by atoms with E-state index in [1.807, 2.05) is 0 Å². The SMILES string of the molecule is O=C(CNCC1CC1)NCc1csc(-c2ccc(C(F)(F)F)cc2)n1. The molecule has 0 aliphatic heterocycles. The molecule has 2 aromatic rings. The van der Waals surface area contributed by atoms with Crippen molar-refractivity contribution in [3.8, 4) is 10.6 Å². The Hall–Kier alpha value is -1.93. The summed E-state index contributed by atoms with van der Waals surface area (Å²) in [5.41, 5.74) is 0.635. The number of nitrogens with one attached hydrogen (secondary N) is 2. The largest absolute Gasteiger partial charge is 0.416 e. The van der Waals surface area contributed by atoms with Gasteiger partial charge < -0.3 is 10.6 Å². The maximum Gasteiger partial charge on any atom is 0.416 e. The van der Waals surface area contributed by atoms with E-state index < -0.39 is 11.7 Å². The zero-order valence-corrected chi connectivity index (χ0v) is 14.2. The van der Waals surface area contributed by atoms with Gasteiger partial charge in [-0.25, -0.2) is 4.98 Å². The molecule has 8 heteroatoms. The Labute approximate surface area is 147 Å². The minimum absolute atomic E-state index is 0.0928. The Kier molecular flexibility index (Phi) is 5.39. The highest BCUT2D eigenvalue weighted by Gasteiger charge is 2.30. The summed E-state index contributed by atoms with van der Waals surface area (Å²) in [5, 5.41) is 8.32. The Bertz CT molecular complexity index is 723. The first kappa shape index (κ1) is 17.9. The second-order valence-corrected chi connectivity index (χ2v) is 6.93. The van der Waals surface area contributed by atoms with Crippen molar-refractivity contribution in [2.75, 3.05) is 13.1 Å². The molecule has 0 saturated heterocycles. The molecule has 0 bridgehead atoms. The molecule has 25 heavy (non-hydrogen) atoms. The minimum atomic E-state index is -4.34. The van der Waals surface area contributed by atoms with Crippen molar-refractivity contribution >= 4 is 17.2 Å². The predicted octanol–water partition coefficient (Wildman–Crippen LogP) is 3.44. The number of benzene rings is 1. The van der Waals surface area contributed by atoms with Gasteiger partial charge in [-0.2, -0.15) is 13.2 Å². The van der Waals surface area contributed by atoms with Crippen molar-refractivity contribution in [3.05, 3.63) is 40.9 Å². The van der Waals surface area contributed by atoms with Crippen LogP contribution < -0.4 is 10.6 Å². The lowest BCUT2D eigenvalue weighted by Gasteiger charge is -2.06. The van der Waals surface area contributed by atoms with Gasteiger partial charge in [0.25, 0.3) is 0 Å². The van der Waals surface area contributed by atoms with Crippen LogP contribution in [0.25, 0.3) is 10.6 Å². The van der Waals surface area contributed by atoms with Gasteiger partial charge in [0, 0.05) is 10.9 Å². The zero-order valence-electron chi connectivity index (χ0n) is 13.4. The second-order valence-electron chi connectivity index (χ2n) is 6.07. The maximum absolute atomic E-state index is 12.6. The summed E-state index contributed by atoms with van der Waals surface area (Å²) in [4.78, 5) is 16.1. The molecule has 4 nitrogen and oxygen atoms in total. The van der Waals surface area contributed by atoms with Crippen LogP contribution in [0.1, 0.15) is 24.1 Å². The molecule has 1 aromatic carbocycles. The third kappa shape index (κ3) is 5.27. The molecule has 134 valence electrons. The van der Waals surface area contributed by atoms with Gasteiger partial charge in [0.15, 0.2) is 0 Å². The molecular formula is C17H18F3N3OS. The summed E-state index contributed by atoms with van der Waals surface area (Å²) in [6.45, 7) is 1.47.